The van der Waals surface area contributed by atoms with Crippen molar-refractivity contribution in [3.63, 3.8) is 0 Å². The van der Waals surface area contributed by atoms with Crippen LogP contribution in [0.15, 0.2) is 24.3 Å². The molecule has 2 amide bonds. The highest BCUT2D eigenvalue weighted by Gasteiger charge is 2.28. The molecular weight excluding hydrogens is 244 g/mol. The highest BCUT2D eigenvalue weighted by atomic mass is 16.3. The zero-order valence-corrected chi connectivity index (χ0v) is 10.8. The van der Waals surface area contributed by atoms with Crippen molar-refractivity contribution in [1.82, 2.24) is 5.32 Å². The van der Waals surface area contributed by atoms with Crippen LogP contribution >= 0.6 is 0 Å². The number of carbonyl (C=O) groups is 2. The summed E-state index contributed by atoms with van der Waals surface area (Å²) in [5, 5.41) is 14.7. The van der Waals surface area contributed by atoms with Crippen LogP contribution in [0.25, 0.3) is 0 Å². The molecule has 19 heavy (non-hydrogen) atoms. The zero-order chi connectivity index (χ0) is 13.8. The molecule has 1 fully saturated rings. The Morgan fingerprint density at radius 1 is 1.26 bits per heavy atom. The second-order valence-electron chi connectivity index (χ2n) is 4.94. The molecule has 1 aromatic rings. The lowest BCUT2D eigenvalue weighted by molar-refractivity contribution is -0.122. The van der Waals surface area contributed by atoms with Gasteiger partial charge in [0.25, 0.3) is 0 Å². The Kier molecular flexibility index (Phi) is 4.16. The number of hydrogen-bond acceptors (Lipinski definition) is 3. The van der Waals surface area contributed by atoms with Crippen LogP contribution in [0, 0.1) is 0 Å². The number of rotatable bonds is 4. The molecule has 0 heterocycles. The Morgan fingerprint density at radius 3 is 2.42 bits per heavy atom. The minimum atomic E-state index is -0.262. The van der Waals surface area contributed by atoms with Crippen molar-refractivity contribution in [2.45, 2.75) is 38.3 Å². The third-order valence-corrected chi connectivity index (χ3v) is 3.12. The van der Waals surface area contributed by atoms with Crippen LogP contribution < -0.4 is 10.6 Å². The predicted molar refractivity (Wildman–Crippen MR) is 71.6 cm³/mol. The van der Waals surface area contributed by atoms with Crippen LogP contribution in [0.4, 0.5) is 5.69 Å². The second kappa shape index (κ2) is 5.84. The summed E-state index contributed by atoms with van der Waals surface area (Å²) >= 11 is 0. The maximum absolute atomic E-state index is 11.7. The van der Waals surface area contributed by atoms with E-state index >= 15 is 0 Å². The van der Waals surface area contributed by atoms with Gasteiger partial charge < -0.3 is 15.7 Å². The van der Waals surface area contributed by atoms with Crippen molar-refractivity contribution < 1.29 is 14.7 Å². The van der Waals surface area contributed by atoms with E-state index in [4.69, 9.17) is 5.11 Å². The SMILES string of the molecule is CC(=O)Nc1ccc(CC(=O)NC2CC(O)C2)cc1. The number of amides is 2. The van der Waals surface area contributed by atoms with Crippen LogP contribution in [0.3, 0.4) is 0 Å². The number of carbonyl (C=O) groups excluding carboxylic acids is 2. The Hall–Kier alpha value is -1.88. The summed E-state index contributed by atoms with van der Waals surface area (Å²) in [5.74, 6) is -0.154. The zero-order valence-electron chi connectivity index (χ0n) is 10.8. The van der Waals surface area contributed by atoms with E-state index in [9.17, 15) is 9.59 Å². The average Bonchev–Trinajstić information content (AvgIpc) is 2.29. The molecule has 0 unspecified atom stereocenters. The van der Waals surface area contributed by atoms with Crippen molar-refractivity contribution in [3.05, 3.63) is 29.8 Å². The molecule has 102 valence electrons. The first-order valence-electron chi connectivity index (χ1n) is 6.37. The van der Waals surface area contributed by atoms with E-state index < -0.39 is 0 Å². The lowest BCUT2D eigenvalue weighted by Crippen LogP contribution is -2.47. The monoisotopic (exact) mass is 262 g/mol. The van der Waals surface area contributed by atoms with Gasteiger partial charge in [-0.1, -0.05) is 12.1 Å². The van der Waals surface area contributed by atoms with Gasteiger partial charge >= 0.3 is 0 Å². The third-order valence-electron chi connectivity index (χ3n) is 3.12. The Morgan fingerprint density at radius 2 is 1.89 bits per heavy atom. The first-order valence-corrected chi connectivity index (χ1v) is 6.37. The van der Waals surface area contributed by atoms with E-state index in [0.29, 0.717) is 19.3 Å². The van der Waals surface area contributed by atoms with Gasteiger partial charge in [-0.25, -0.2) is 0 Å². The summed E-state index contributed by atoms with van der Waals surface area (Å²) in [7, 11) is 0. The smallest absolute Gasteiger partial charge is 0.224 e. The first kappa shape index (κ1) is 13.5. The molecule has 0 atom stereocenters. The van der Waals surface area contributed by atoms with Crippen molar-refractivity contribution in [1.29, 1.82) is 0 Å². The maximum atomic E-state index is 11.7. The number of nitrogens with one attached hydrogen (secondary N) is 2. The van der Waals surface area contributed by atoms with Crippen LogP contribution in [-0.4, -0.2) is 29.1 Å². The molecule has 3 N–H and O–H groups in total. The minimum Gasteiger partial charge on any atom is -0.393 e. The summed E-state index contributed by atoms with van der Waals surface area (Å²) < 4.78 is 0. The molecule has 0 aliphatic heterocycles. The van der Waals surface area contributed by atoms with E-state index in [-0.39, 0.29) is 24.0 Å². The normalized spacial score (nSPS) is 21.4. The van der Waals surface area contributed by atoms with E-state index in [1.54, 1.807) is 12.1 Å². The molecule has 0 bridgehead atoms. The molecule has 5 nitrogen and oxygen atoms in total. The molecule has 0 radical (unpaired) electrons. The second-order valence-corrected chi connectivity index (χ2v) is 4.94. The lowest BCUT2D eigenvalue weighted by atomic mass is 9.89. The molecular formula is C14H18N2O3. The summed E-state index contributed by atoms with van der Waals surface area (Å²) in [6, 6.07) is 7.30. The summed E-state index contributed by atoms with van der Waals surface area (Å²) in [4.78, 5) is 22.6. The van der Waals surface area contributed by atoms with Crippen molar-refractivity contribution in [3.8, 4) is 0 Å². The van der Waals surface area contributed by atoms with E-state index in [0.717, 1.165) is 11.3 Å². The van der Waals surface area contributed by atoms with E-state index in [1.807, 2.05) is 12.1 Å². The van der Waals surface area contributed by atoms with Gasteiger partial charge in [0.1, 0.15) is 0 Å². The standard InChI is InChI=1S/C14H18N2O3/c1-9(17)15-11-4-2-10(3-5-11)6-14(19)16-12-7-13(18)8-12/h2-5,12-13,18H,6-8H2,1H3,(H,15,17)(H,16,19). The van der Waals surface area contributed by atoms with E-state index in [2.05, 4.69) is 10.6 Å². The fraction of sp³-hybridized carbons (Fsp3) is 0.429. The van der Waals surface area contributed by atoms with Gasteiger partial charge in [0.15, 0.2) is 0 Å². The Bertz CT molecular complexity index is 464. The lowest BCUT2D eigenvalue weighted by Gasteiger charge is -2.31. The van der Waals surface area contributed by atoms with Crippen molar-refractivity contribution >= 4 is 17.5 Å². The number of anilines is 1. The molecule has 2 rings (SSSR count). The number of hydrogen-bond donors (Lipinski definition) is 3. The Balaban J connectivity index is 1.81. The van der Waals surface area contributed by atoms with Crippen LogP contribution in [0.5, 0.6) is 0 Å². The summed E-state index contributed by atoms with van der Waals surface area (Å²) in [5.41, 5.74) is 1.62. The molecule has 0 saturated heterocycles. The largest absolute Gasteiger partial charge is 0.393 e. The average molecular weight is 262 g/mol. The van der Waals surface area contributed by atoms with Gasteiger partial charge in [0.05, 0.1) is 12.5 Å². The number of benzene rings is 1. The van der Waals surface area contributed by atoms with Gasteiger partial charge in [-0.15, -0.1) is 0 Å². The fourth-order valence-electron chi connectivity index (χ4n) is 2.08. The summed E-state index contributed by atoms with van der Waals surface area (Å²) in [6.07, 6.45) is 1.34. The van der Waals surface area contributed by atoms with Gasteiger partial charge in [0, 0.05) is 18.7 Å². The third kappa shape index (κ3) is 4.06. The highest BCUT2D eigenvalue weighted by molar-refractivity contribution is 5.88. The molecule has 0 spiro atoms. The van der Waals surface area contributed by atoms with Gasteiger partial charge in [-0.05, 0) is 30.5 Å². The molecule has 0 aromatic heterocycles. The van der Waals surface area contributed by atoms with E-state index in [1.165, 1.54) is 6.92 Å². The number of aliphatic hydroxyl groups is 1. The first-order chi connectivity index (χ1) is 9.02. The van der Waals surface area contributed by atoms with Gasteiger partial charge in [-0.2, -0.15) is 0 Å². The molecule has 1 aliphatic carbocycles. The molecule has 5 heteroatoms. The molecule has 1 saturated carbocycles. The minimum absolute atomic E-state index is 0.0378. The quantitative estimate of drug-likeness (QED) is 0.752. The van der Waals surface area contributed by atoms with Crippen molar-refractivity contribution in [2.75, 3.05) is 5.32 Å². The topological polar surface area (TPSA) is 78.4 Å². The maximum Gasteiger partial charge on any atom is 0.224 e. The van der Waals surface area contributed by atoms with Crippen molar-refractivity contribution in [2.24, 2.45) is 0 Å². The highest BCUT2D eigenvalue weighted by Crippen LogP contribution is 2.19. The van der Waals surface area contributed by atoms with Crippen LogP contribution in [0.2, 0.25) is 0 Å². The van der Waals surface area contributed by atoms with Crippen LogP contribution in [-0.2, 0) is 16.0 Å². The molecule has 1 aliphatic rings. The predicted octanol–water partition coefficient (Wildman–Crippen LogP) is 0.827. The number of aliphatic hydroxyl groups excluding tert-OH is 1. The Labute approximate surface area is 112 Å². The van der Waals surface area contributed by atoms with Gasteiger partial charge in [-0.3, -0.25) is 9.59 Å². The van der Waals surface area contributed by atoms with Crippen LogP contribution in [0.1, 0.15) is 25.3 Å². The fourth-order valence-corrected chi connectivity index (χ4v) is 2.08. The van der Waals surface area contributed by atoms with Gasteiger partial charge in [0.2, 0.25) is 11.8 Å². The summed E-state index contributed by atoms with van der Waals surface area (Å²) in [6.45, 7) is 1.45. The molecule has 1 aromatic carbocycles.